The van der Waals surface area contributed by atoms with Crippen molar-refractivity contribution in [2.45, 2.75) is 0 Å². The monoisotopic (exact) mass is 476 g/mol. The van der Waals surface area contributed by atoms with Gasteiger partial charge in [0.15, 0.2) is 0 Å². The Bertz CT molecular complexity index is 1020. The molecule has 0 atom stereocenters. The average molecular weight is 476 g/mol. The molecular formula is C18H11N2OTl. The molecular weight excluding hydrogens is 465 g/mol. The van der Waals surface area contributed by atoms with E-state index < -0.39 is 0 Å². The molecule has 0 aliphatic rings. The summed E-state index contributed by atoms with van der Waals surface area (Å²) in [5.74, 6) is 0. The van der Waals surface area contributed by atoms with Crippen LogP contribution < -0.4 is 0 Å². The van der Waals surface area contributed by atoms with Crippen LogP contribution in [0.5, 0.6) is 0 Å². The molecule has 0 spiro atoms. The van der Waals surface area contributed by atoms with Crippen molar-refractivity contribution in [1.82, 2.24) is 7.36 Å². The van der Waals surface area contributed by atoms with Crippen LogP contribution in [-0.4, -0.2) is 39.7 Å². The first kappa shape index (κ1) is 13.6. The second kappa shape index (κ2) is 5.32. The number of rotatable bonds is 2. The molecule has 0 unspecified atom stereocenters. The van der Waals surface area contributed by atoms with E-state index in [4.69, 9.17) is 0 Å². The summed E-state index contributed by atoms with van der Waals surface area (Å²) < 4.78 is 2.18. The first-order valence-corrected chi connectivity index (χ1v) is 8.98. The van der Waals surface area contributed by atoms with Crippen LogP contribution in [0.4, 0.5) is 0 Å². The van der Waals surface area contributed by atoms with Crippen LogP contribution in [0.2, 0.25) is 0 Å². The molecule has 3 nitrogen and oxygen atoms in total. The minimum atomic E-state index is 0.694. The van der Waals surface area contributed by atoms with E-state index in [0.29, 0.717) is 26.1 Å². The number of hydrogen-bond acceptors (Lipinski definition) is 2. The van der Waals surface area contributed by atoms with Crippen LogP contribution in [0.3, 0.4) is 0 Å². The molecule has 0 radical (unpaired) electrons. The fraction of sp³-hybridized carbons (Fsp3) is 0. The van der Waals surface area contributed by atoms with Crippen molar-refractivity contribution >= 4 is 54.2 Å². The van der Waals surface area contributed by atoms with Gasteiger partial charge in [-0.25, -0.2) is 0 Å². The van der Waals surface area contributed by atoms with E-state index in [1.807, 2.05) is 36.7 Å². The van der Waals surface area contributed by atoms with Crippen LogP contribution in [0.25, 0.3) is 32.9 Å². The Labute approximate surface area is 143 Å². The summed E-state index contributed by atoms with van der Waals surface area (Å²) in [7, 11) is 0. The molecule has 3 aromatic carbocycles. The Balaban J connectivity index is 2.03. The van der Waals surface area contributed by atoms with E-state index in [-0.39, 0.29) is 0 Å². The van der Waals surface area contributed by atoms with E-state index >= 15 is 0 Å². The molecule has 0 aliphatic carbocycles. The standard InChI is InChI=1S/C18H12N2O.Tl/c21-10-13-5-7-15(16-4-2-1-3-14(13)16)12-6-8-17-18(9-12)20-11-19-17;/h1-11H,(H,19,20,21);/q;+1/p-1. The number of aldehydes is 1. The third-order valence-corrected chi connectivity index (χ3v) is 5.57. The molecule has 1 heterocycles. The molecule has 0 aliphatic heterocycles. The topological polar surface area (TPSA) is 34.9 Å². The summed E-state index contributed by atoms with van der Waals surface area (Å²) >= 11 is 0.694. The van der Waals surface area contributed by atoms with Crippen LogP contribution in [-0.2, 0) is 0 Å². The van der Waals surface area contributed by atoms with Crippen LogP contribution in [0.1, 0.15) is 10.4 Å². The van der Waals surface area contributed by atoms with Crippen LogP contribution in [0, 0.1) is 0 Å². The van der Waals surface area contributed by atoms with Gasteiger partial charge in [0.25, 0.3) is 0 Å². The van der Waals surface area contributed by atoms with Crippen molar-refractivity contribution in [3.05, 3.63) is 66.5 Å². The maximum absolute atomic E-state index is 11.2. The Morgan fingerprint density at radius 2 is 1.82 bits per heavy atom. The number of nitrogens with zero attached hydrogens (tertiary/aromatic N) is 2. The van der Waals surface area contributed by atoms with Crippen molar-refractivity contribution in [1.29, 1.82) is 0 Å². The number of aromatic nitrogens is 2. The van der Waals surface area contributed by atoms with Gasteiger partial charge in [0.05, 0.1) is 0 Å². The Morgan fingerprint density at radius 3 is 2.64 bits per heavy atom. The fourth-order valence-corrected chi connectivity index (χ4v) is 3.93. The molecule has 102 valence electrons. The van der Waals surface area contributed by atoms with E-state index in [1.165, 1.54) is 5.52 Å². The fourth-order valence-electron chi connectivity index (χ4n) is 2.87. The molecule has 4 rings (SSSR count). The minimum absolute atomic E-state index is 0.694. The summed E-state index contributed by atoms with van der Waals surface area (Å²) in [4.78, 5) is 15.6. The normalized spacial score (nSPS) is 11.0. The zero-order valence-corrected chi connectivity index (χ0v) is 16.2. The van der Waals surface area contributed by atoms with Gasteiger partial charge in [-0.1, -0.05) is 0 Å². The Kier molecular flexibility index (Phi) is 3.29. The Morgan fingerprint density at radius 1 is 1.00 bits per heavy atom. The summed E-state index contributed by atoms with van der Waals surface area (Å²) in [5, 5.41) is 2.10. The summed E-state index contributed by atoms with van der Waals surface area (Å²) in [6.07, 6.45) is 2.82. The van der Waals surface area contributed by atoms with Gasteiger partial charge in [-0.05, 0) is 0 Å². The second-order valence-electron chi connectivity index (χ2n) is 5.22. The molecule has 4 aromatic rings. The van der Waals surface area contributed by atoms with E-state index in [0.717, 1.165) is 39.3 Å². The first-order chi connectivity index (χ1) is 10.8. The zero-order chi connectivity index (χ0) is 15.1. The van der Waals surface area contributed by atoms with Crippen molar-refractivity contribution in [3.8, 4) is 11.1 Å². The first-order valence-electron chi connectivity index (χ1n) is 6.97. The SMILES string of the molecule is O=Cc1ccc(-c2ccc3nc[n]([Tl])c3c2)c2ccccc12. The van der Waals surface area contributed by atoms with Gasteiger partial charge < -0.3 is 0 Å². The van der Waals surface area contributed by atoms with E-state index in [2.05, 4.69) is 31.6 Å². The predicted octanol–water partition coefficient (Wildman–Crippen LogP) is 3.60. The van der Waals surface area contributed by atoms with Gasteiger partial charge in [-0.2, -0.15) is 0 Å². The number of fused-ring (bicyclic) bond motifs is 2. The maximum atomic E-state index is 11.2. The molecule has 0 fully saturated rings. The van der Waals surface area contributed by atoms with Gasteiger partial charge >= 0.3 is 144 Å². The zero-order valence-electron chi connectivity index (χ0n) is 11.7. The summed E-state index contributed by atoms with van der Waals surface area (Å²) in [6.45, 7) is 0. The van der Waals surface area contributed by atoms with Crippen LogP contribution in [0.15, 0.2) is 60.9 Å². The second-order valence-corrected chi connectivity index (χ2v) is 7.38. The van der Waals surface area contributed by atoms with Crippen molar-refractivity contribution in [3.63, 3.8) is 0 Å². The van der Waals surface area contributed by atoms with Gasteiger partial charge in [-0.3, -0.25) is 0 Å². The van der Waals surface area contributed by atoms with Crippen molar-refractivity contribution in [2.24, 2.45) is 0 Å². The van der Waals surface area contributed by atoms with Gasteiger partial charge in [-0.15, -0.1) is 0 Å². The van der Waals surface area contributed by atoms with Gasteiger partial charge in [0, 0.05) is 0 Å². The molecule has 1 aromatic heterocycles. The number of carbonyl (C=O) groups is 1. The molecule has 0 N–H and O–H groups in total. The number of hydrogen-bond donors (Lipinski definition) is 0. The average Bonchev–Trinajstić information content (AvgIpc) is 2.94. The van der Waals surface area contributed by atoms with Gasteiger partial charge in [0.1, 0.15) is 0 Å². The molecule has 0 saturated heterocycles. The summed E-state index contributed by atoms with van der Waals surface area (Å²) in [5.41, 5.74) is 5.24. The third kappa shape index (κ3) is 2.08. The molecule has 4 heteroatoms. The predicted molar refractivity (Wildman–Crippen MR) is 89.2 cm³/mol. The Hall–Kier alpha value is -2.02. The van der Waals surface area contributed by atoms with Crippen molar-refractivity contribution in [2.75, 3.05) is 0 Å². The molecule has 0 saturated carbocycles. The molecule has 22 heavy (non-hydrogen) atoms. The van der Waals surface area contributed by atoms with E-state index in [9.17, 15) is 4.79 Å². The van der Waals surface area contributed by atoms with E-state index in [1.54, 1.807) is 0 Å². The van der Waals surface area contributed by atoms with Gasteiger partial charge in [0.2, 0.25) is 0 Å². The molecule has 0 bridgehead atoms. The number of carbonyl (C=O) groups excluding carboxylic acids is 1. The van der Waals surface area contributed by atoms with Crippen molar-refractivity contribution < 1.29 is 4.79 Å². The summed E-state index contributed by atoms with van der Waals surface area (Å²) in [6, 6.07) is 18.3. The number of benzene rings is 3. The quantitative estimate of drug-likeness (QED) is 0.328. The third-order valence-electron chi connectivity index (χ3n) is 3.97. The van der Waals surface area contributed by atoms with Crippen LogP contribution >= 0.6 is 0 Å². The number of imidazole rings is 1. The molecule has 0 amide bonds.